The third kappa shape index (κ3) is 3.20. The zero-order chi connectivity index (χ0) is 13.7. The molecule has 3 heteroatoms. The molecule has 2 nitrogen and oxygen atoms in total. The molecular weight excluding hydrogens is 243 g/mol. The molecule has 0 unspecified atom stereocenters. The lowest BCUT2D eigenvalue weighted by Gasteiger charge is -1.97. The summed E-state index contributed by atoms with van der Waals surface area (Å²) >= 11 is 0. The van der Waals surface area contributed by atoms with Crippen molar-refractivity contribution in [2.45, 2.75) is 0 Å². The fourth-order valence-electron chi connectivity index (χ4n) is 1.52. The van der Waals surface area contributed by atoms with E-state index in [1.165, 1.54) is 18.2 Å². The molecule has 0 atom stereocenters. The van der Waals surface area contributed by atoms with E-state index in [2.05, 4.69) is 11.8 Å². The number of carbonyl (C=O) groups is 1. The maximum atomic E-state index is 13.4. The van der Waals surface area contributed by atoms with Crippen LogP contribution in [-0.2, 0) is 0 Å². The number of rotatable bonds is 2. The van der Waals surface area contributed by atoms with E-state index in [1.807, 2.05) is 0 Å². The lowest BCUT2D eigenvalue weighted by Crippen LogP contribution is -1.98. The van der Waals surface area contributed by atoms with Crippen molar-refractivity contribution in [2.24, 2.45) is 0 Å². The van der Waals surface area contributed by atoms with Crippen LogP contribution in [0.3, 0.4) is 0 Å². The molecule has 0 aromatic heterocycles. The summed E-state index contributed by atoms with van der Waals surface area (Å²) in [6.07, 6.45) is 0. The molecule has 0 saturated heterocycles. The zero-order valence-corrected chi connectivity index (χ0v) is 10.3. The fraction of sp³-hybridized carbons (Fsp3) is 0.0625. The van der Waals surface area contributed by atoms with Gasteiger partial charge in [-0.25, -0.2) is 4.39 Å². The predicted molar refractivity (Wildman–Crippen MR) is 70.6 cm³/mol. The molecule has 0 amide bonds. The highest BCUT2D eigenvalue weighted by Gasteiger charge is 2.07. The highest BCUT2D eigenvalue weighted by atomic mass is 19.1. The standard InChI is InChI=1S/C16H11FO2/c1-19-13-9-6-12(7-10-13)8-11-16(18)14-4-2-3-5-15(14)17/h2-7,9-10H,1H3. The van der Waals surface area contributed by atoms with Crippen molar-refractivity contribution < 1.29 is 13.9 Å². The van der Waals surface area contributed by atoms with Gasteiger partial charge in [-0.15, -0.1) is 0 Å². The van der Waals surface area contributed by atoms with Crippen molar-refractivity contribution in [1.82, 2.24) is 0 Å². The average molecular weight is 254 g/mol. The molecule has 2 aromatic rings. The molecule has 0 N–H and O–H groups in total. The van der Waals surface area contributed by atoms with E-state index in [-0.39, 0.29) is 5.56 Å². The molecule has 0 heterocycles. The van der Waals surface area contributed by atoms with E-state index in [0.29, 0.717) is 11.3 Å². The van der Waals surface area contributed by atoms with Gasteiger partial charge in [-0.1, -0.05) is 18.1 Å². The van der Waals surface area contributed by atoms with Crippen molar-refractivity contribution in [3.8, 4) is 17.6 Å². The van der Waals surface area contributed by atoms with Gasteiger partial charge in [0.2, 0.25) is 5.78 Å². The Labute approximate surface area is 110 Å². The second-order valence-electron chi connectivity index (χ2n) is 3.79. The number of benzene rings is 2. The normalized spacial score (nSPS) is 9.37. The minimum Gasteiger partial charge on any atom is -0.497 e. The number of Topliss-reactive ketones (excluding diaryl/α,β-unsaturated/α-hetero) is 1. The van der Waals surface area contributed by atoms with Crippen molar-refractivity contribution in [3.63, 3.8) is 0 Å². The number of ether oxygens (including phenoxy) is 1. The summed E-state index contributed by atoms with van der Waals surface area (Å²) in [6.45, 7) is 0. The third-order valence-electron chi connectivity index (χ3n) is 2.53. The van der Waals surface area contributed by atoms with Crippen LogP contribution in [0.15, 0.2) is 48.5 Å². The Morgan fingerprint density at radius 2 is 1.79 bits per heavy atom. The maximum absolute atomic E-state index is 13.4. The quantitative estimate of drug-likeness (QED) is 0.608. The second kappa shape index (κ2) is 5.83. The molecular formula is C16H11FO2. The number of ketones is 1. The van der Waals surface area contributed by atoms with E-state index in [4.69, 9.17) is 4.74 Å². The van der Waals surface area contributed by atoms with Gasteiger partial charge in [-0.3, -0.25) is 4.79 Å². The molecule has 0 fully saturated rings. The minimum atomic E-state index is -0.559. The van der Waals surface area contributed by atoms with Crippen LogP contribution in [0.5, 0.6) is 5.75 Å². The van der Waals surface area contributed by atoms with Crippen LogP contribution in [0.4, 0.5) is 4.39 Å². The first-order chi connectivity index (χ1) is 9.20. The Kier molecular flexibility index (Phi) is 3.94. The molecule has 0 spiro atoms. The van der Waals surface area contributed by atoms with Crippen LogP contribution < -0.4 is 4.74 Å². The van der Waals surface area contributed by atoms with E-state index >= 15 is 0 Å². The van der Waals surface area contributed by atoms with Crippen LogP contribution >= 0.6 is 0 Å². The molecule has 2 aromatic carbocycles. The summed E-state index contributed by atoms with van der Waals surface area (Å²) in [7, 11) is 1.57. The number of methoxy groups -OCH3 is 1. The number of hydrogen-bond acceptors (Lipinski definition) is 2. The zero-order valence-electron chi connectivity index (χ0n) is 10.3. The van der Waals surface area contributed by atoms with Crippen LogP contribution in [0.1, 0.15) is 15.9 Å². The SMILES string of the molecule is COc1ccc(C#CC(=O)c2ccccc2F)cc1. The highest BCUT2D eigenvalue weighted by Crippen LogP contribution is 2.10. The number of carbonyl (C=O) groups excluding carboxylic acids is 1. The third-order valence-corrected chi connectivity index (χ3v) is 2.53. The molecule has 0 aliphatic carbocycles. The Bertz CT molecular complexity index is 648. The van der Waals surface area contributed by atoms with Gasteiger partial charge < -0.3 is 4.74 Å². The molecule has 0 aliphatic rings. The maximum Gasteiger partial charge on any atom is 0.239 e. The molecule has 0 aliphatic heterocycles. The lowest BCUT2D eigenvalue weighted by atomic mass is 10.1. The molecule has 2 rings (SSSR count). The van der Waals surface area contributed by atoms with Gasteiger partial charge in [-0.05, 0) is 42.3 Å². The summed E-state index contributed by atoms with van der Waals surface area (Å²) in [5.41, 5.74) is 0.661. The van der Waals surface area contributed by atoms with Crippen LogP contribution in [0.25, 0.3) is 0 Å². The smallest absolute Gasteiger partial charge is 0.239 e. The van der Waals surface area contributed by atoms with E-state index in [9.17, 15) is 9.18 Å². The monoisotopic (exact) mass is 254 g/mol. The van der Waals surface area contributed by atoms with E-state index < -0.39 is 11.6 Å². The Balaban J connectivity index is 2.19. The molecule has 0 bridgehead atoms. The summed E-state index contributed by atoms with van der Waals surface area (Å²) in [6, 6.07) is 12.8. The molecule has 94 valence electrons. The fourth-order valence-corrected chi connectivity index (χ4v) is 1.52. The summed E-state index contributed by atoms with van der Waals surface area (Å²) < 4.78 is 18.4. The van der Waals surface area contributed by atoms with E-state index in [1.54, 1.807) is 37.4 Å². The van der Waals surface area contributed by atoms with Crippen molar-refractivity contribution in [1.29, 1.82) is 0 Å². The average Bonchev–Trinajstić information content (AvgIpc) is 2.46. The first-order valence-electron chi connectivity index (χ1n) is 5.65. The molecule has 0 saturated carbocycles. The summed E-state index contributed by atoms with van der Waals surface area (Å²) in [4.78, 5) is 11.7. The van der Waals surface area contributed by atoms with Crippen molar-refractivity contribution in [2.75, 3.05) is 7.11 Å². The summed E-state index contributed by atoms with van der Waals surface area (Å²) in [5, 5.41) is 0. The van der Waals surface area contributed by atoms with Gasteiger partial charge in [0.05, 0.1) is 12.7 Å². The van der Waals surface area contributed by atoms with Crippen LogP contribution in [-0.4, -0.2) is 12.9 Å². The van der Waals surface area contributed by atoms with Crippen LogP contribution in [0, 0.1) is 17.7 Å². The number of hydrogen-bond donors (Lipinski definition) is 0. The predicted octanol–water partition coefficient (Wildman–Crippen LogP) is 3.07. The van der Waals surface area contributed by atoms with Gasteiger partial charge in [-0.2, -0.15) is 0 Å². The highest BCUT2D eigenvalue weighted by molar-refractivity contribution is 6.09. The van der Waals surface area contributed by atoms with Crippen molar-refractivity contribution >= 4 is 5.78 Å². The van der Waals surface area contributed by atoms with Gasteiger partial charge in [0.25, 0.3) is 0 Å². The topological polar surface area (TPSA) is 26.3 Å². The van der Waals surface area contributed by atoms with Gasteiger partial charge in [0.1, 0.15) is 11.6 Å². The van der Waals surface area contributed by atoms with Gasteiger partial charge >= 0.3 is 0 Å². The molecule has 0 radical (unpaired) electrons. The Morgan fingerprint density at radius 1 is 1.11 bits per heavy atom. The van der Waals surface area contributed by atoms with Gasteiger partial charge in [0.15, 0.2) is 0 Å². The first kappa shape index (κ1) is 12.8. The lowest BCUT2D eigenvalue weighted by molar-refractivity contribution is 0.105. The Morgan fingerprint density at radius 3 is 2.42 bits per heavy atom. The first-order valence-corrected chi connectivity index (χ1v) is 5.65. The van der Waals surface area contributed by atoms with Crippen LogP contribution in [0.2, 0.25) is 0 Å². The van der Waals surface area contributed by atoms with Gasteiger partial charge in [0, 0.05) is 5.56 Å². The molecule has 19 heavy (non-hydrogen) atoms. The number of halogens is 1. The Hall–Kier alpha value is -2.60. The summed E-state index contributed by atoms with van der Waals surface area (Å²) in [5.74, 6) is 4.75. The van der Waals surface area contributed by atoms with E-state index in [0.717, 1.165) is 0 Å². The van der Waals surface area contributed by atoms with Crippen molar-refractivity contribution in [3.05, 3.63) is 65.5 Å². The largest absolute Gasteiger partial charge is 0.497 e. The minimum absolute atomic E-state index is 0.0106. The second-order valence-corrected chi connectivity index (χ2v) is 3.79.